The smallest absolute Gasteiger partial charge is 0.320 e. The topological polar surface area (TPSA) is 23.6 Å². The van der Waals surface area contributed by atoms with Gasteiger partial charge in [-0.25, -0.2) is 9.18 Å². The van der Waals surface area contributed by atoms with Gasteiger partial charge in [0.25, 0.3) is 0 Å². The maximum Gasteiger partial charge on any atom is 0.320 e. The van der Waals surface area contributed by atoms with Crippen LogP contribution in [0.1, 0.15) is 56.9 Å². The zero-order valence-corrected chi connectivity index (χ0v) is 14.5. The first-order valence-corrected chi connectivity index (χ1v) is 9.44. The van der Waals surface area contributed by atoms with Crippen molar-refractivity contribution in [3.8, 4) is 0 Å². The molecule has 0 aliphatic carbocycles. The van der Waals surface area contributed by atoms with Crippen LogP contribution in [0.5, 0.6) is 0 Å². The molecule has 0 saturated carbocycles. The molecular weight excluding hydrogens is 303 g/mol. The largest absolute Gasteiger partial charge is 0.325 e. The van der Waals surface area contributed by atoms with E-state index in [9.17, 15) is 9.18 Å². The molecule has 4 heteroatoms. The molecular formula is C20H27FN2O. The minimum atomic E-state index is -0.173. The number of likely N-dealkylation sites (tertiary alicyclic amines) is 1. The van der Waals surface area contributed by atoms with E-state index >= 15 is 0 Å². The molecule has 0 radical (unpaired) electrons. The van der Waals surface area contributed by atoms with E-state index in [1.165, 1.54) is 5.56 Å². The first kappa shape index (κ1) is 15.9. The summed E-state index contributed by atoms with van der Waals surface area (Å²) in [6, 6.07) is 7.96. The Hall–Kier alpha value is -1.58. The van der Waals surface area contributed by atoms with Crippen LogP contribution in [0.4, 0.5) is 9.18 Å². The van der Waals surface area contributed by atoms with Gasteiger partial charge in [0.2, 0.25) is 0 Å². The van der Waals surface area contributed by atoms with E-state index in [1.54, 1.807) is 12.1 Å². The third-order valence-electron chi connectivity index (χ3n) is 6.35. The fraction of sp³-hybridized carbons (Fsp3) is 0.650. The van der Waals surface area contributed by atoms with Gasteiger partial charge in [0, 0.05) is 25.2 Å². The van der Waals surface area contributed by atoms with E-state index in [0.29, 0.717) is 18.0 Å². The van der Waals surface area contributed by atoms with Gasteiger partial charge >= 0.3 is 6.03 Å². The van der Waals surface area contributed by atoms with Crippen LogP contribution in [-0.2, 0) is 0 Å². The molecule has 2 amide bonds. The van der Waals surface area contributed by atoms with E-state index in [2.05, 4.69) is 16.7 Å². The molecule has 3 aliphatic heterocycles. The number of hydrogen-bond acceptors (Lipinski definition) is 1. The summed E-state index contributed by atoms with van der Waals surface area (Å²) in [6.45, 7) is 4.11. The van der Waals surface area contributed by atoms with Gasteiger partial charge in [-0.3, -0.25) is 0 Å². The summed E-state index contributed by atoms with van der Waals surface area (Å²) < 4.78 is 13.2. The Kier molecular flexibility index (Phi) is 4.23. The molecule has 0 spiro atoms. The Balaban J connectivity index is 1.45. The molecule has 2 atom stereocenters. The Morgan fingerprint density at radius 2 is 1.58 bits per heavy atom. The first-order valence-electron chi connectivity index (χ1n) is 9.44. The molecule has 3 heterocycles. The van der Waals surface area contributed by atoms with E-state index in [-0.39, 0.29) is 11.8 Å². The maximum atomic E-state index is 13.2. The van der Waals surface area contributed by atoms with E-state index < -0.39 is 0 Å². The van der Waals surface area contributed by atoms with Gasteiger partial charge in [0.15, 0.2) is 0 Å². The van der Waals surface area contributed by atoms with Crippen LogP contribution < -0.4 is 0 Å². The molecule has 4 rings (SSSR count). The second-order valence-electron chi connectivity index (χ2n) is 7.96. The van der Waals surface area contributed by atoms with Crippen LogP contribution in [0.15, 0.2) is 24.3 Å². The summed E-state index contributed by atoms with van der Waals surface area (Å²) in [6.07, 6.45) is 6.56. The number of amides is 2. The van der Waals surface area contributed by atoms with Crippen LogP contribution in [0.25, 0.3) is 0 Å². The lowest BCUT2D eigenvalue weighted by Crippen LogP contribution is -2.53. The number of piperidine rings is 2. The number of nitrogens with zero attached hydrogens (tertiary/aromatic N) is 2. The Bertz CT molecular complexity index is 580. The zero-order valence-electron chi connectivity index (χ0n) is 14.5. The van der Waals surface area contributed by atoms with Crippen LogP contribution >= 0.6 is 0 Å². The molecule has 1 aromatic rings. The highest BCUT2D eigenvalue weighted by Gasteiger charge is 2.45. The van der Waals surface area contributed by atoms with Crippen molar-refractivity contribution >= 4 is 6.03 Å². The summed E-state index contributed by atoms with van der Waals surface area (Å²) in [7, 11) is 0. The lowest BCUT2D eigenvalue weighted by Gasteiger charge is -2.43. The highest BCUT2D eigenvalue weighted by molar-refractivity contribution is 5.76. The van der Waals surface area contributed by atoms with Gasteiger partial charge in [-0.2, -0.15) is 0 Å². The predicted octanol–water partition coefficient (Wildman–Crippen LogP) is 4.39. The number of benzene rings is 1. The molecule has 130 valence electrons. The molecule has 3 fully saturated rings. The van der Waals surface area contributed by atoms with Gasteiger partial charge in [-0.1, -0.05) is 19.1 Å². The van der Waals surface area contributed by atoms with E-state index in [4.69, 9.17) is 0 Å². The third-order valence-corrected chi connectivity index (χ3v) is 6.35. The number of fused-ring (bicyclic) bond motifs is 2. The fourth-order valence-corrected chi connectivity index (χ4v) is 4.86. The Morgan fingerprint density at radius 1 is 1.00 bits per heavy atom. The van der Waals surface area contributed by atoms with Crippen molar-refractivity contribution in [2.45, 2.75) is 63.5 Å². The number of carbonyl (C=O) groups excluding carboxylic acids is 1. The van der Waals surface area contributed by atoms with Gasteiger partial charge in [0.1, 0.15) is 5.82 Å². The average Bonchev–Trinajstić information content (AvgIpc) is 2.85. The van der Waals surface area contributed by atoms with Crippen LogP contribution in [0, 0.1) is 11.7 Å². The zero-order chi connectivity index (χ0) is 16.7. The van der Waals surface area contributed by atoms with Crippen molar-refractivity contribution in [2.24, 2.45) is 5.92 Å². The quantitative estimate of drug-likeness (QED) is 0.749. The number of hydrogen-bond donors (Lipinski definition) is 0. The first-order chi connectivity index (χ1) is 11.6. The highest BCUT2D eigenvalue weighted by Crippen LogP contribution is 2.43. The molecule has 1 aromatic carbocycles. The second-order valence-corrected chi connectivity index (χ2v) is 7.96. The fourth-order valence-electron chi connectivity index (χ4n) is 4.86. The Morgan fingerprint density at radius 3 is 2.17 bits per heavy atom. The molecule has 24 heavy (non-hydrogen) atoms. The monoisotopic (exact) mass is 330 g/mol. The second kappa shape index (κ2) is 6.38. The summed E-state index contributed by atoms with van der Waals surface area (Å²) >= 11 is 0. The van der Waals surface area contributed by atoms with Crippen molar-refractivity contribution in [1.29, 1.82) is 0 Å². The van der Waals surface area contributed by atoms with Gasteiger partial charge < -0.3 is 9.80 Å². The van der Waals surface area contributed by atoms with Gasteiger partial charge in [-0.05, 0) is 68.1 Å². The van der Waals surface area contributed by atoms with Crippen molar-refractivity contribution < 1.29 is 9.18 Å². The normalized spacial score (nSPS) is 30.7. The predicted molar refractivity (Wildman–Crippen MR) is 92.4 cm³/mol. The standard InChI is InChI=1S/C20H27FN2O/c1-14-8-10-22(11-9-14)20(24)23-18-6-7-19(23)13-16(12-18)15-2-4-17(21)5-3-15/h2-5,14,16,18-19H,6-13H2,1H3. The van der Waals surface area contributed by atoms with Gasteiger partial charge in [0.05, 0.1) is 0 Å². The summed E-state index contributed by atoms with van der Waals surface area (Å²) in [4.78, 5) is 17.3. The maximum absolute atomic E-state index is 13.2. The molecule has 2 bridgehead atoms. The lowest BCUT2D eigenvalue weighted by molar-refractivity contribution is 0.0940. The SMILES string of the molecule is CC1CCN(C(=O)N2C3CCC2CC(c2ccc(F)cc2)C3)CC1. The van der Waals surface area contributed by atoms with Gasteiger partial charge in [-0.15, -0.1) is 0 Å². The van der Waals surface area contributed by atoms with E-state index in [0.717, 1.165) is 57.5 Å². The van der Waals surface area contributed by atoms with Crippen molar-refractivity contribution in [1.82, 2.24) is 9.80 Å². The third kappa shape index (κ3) is 2.91. The van der Waals surface area contributed by atoms with Crippen LogP contribution in [-0.4, -0.2) is 41.0 Å². The molecule has 0 N–H and O–H groups in total. The molecule has 3 nitrogen and oxygen atoms in total. The Labute approximate surface area is 143 Å². The molecule has 3 aliphatic rings. The van der Waals surface area contributed by atoms with Crippen LogP contribution in [0.3, 0.4) is 0 Å². The number of carbonyl (C=O) groups is 1. The highest BCUT2D eigenvalue weighted by atomic mass is 19.1. The molecule has 0 aromatic heterocycles. The van der Waals surface area contributed by atoms with E-state index in [1.807, 2.05) is 12.1 Å². The summed E-state index contributed by atoms with van der Waals surface area (Å²) in [5.41, 5.74) is 1.23. The number of urea groups is 1. The lowest BCUT2D eigenvalue weighted by atomic mass is 9.85. The summed E-state index contributed by atoms with van der Waals surface area (Å²) in [5.74, 6) is 1.04. The van der Waals surface area contributed by atoms with Crippen molar-refractivity contribution in [3.05, 3.63) is 35.6 Å². The van der Waals surface area contributed by atoms with Crippen molar-refractivity contribution in [3.63, 3.8) is 0 Å². The minimum absolute atomic E-state index is 0.173. The van der Waals surface area contributed by atoms with Crippen LogP contribution in [0.2, 0.25) is 0 Å². The number of halogens is 1. The number of rotatable bonds is 1. The molecule has 2 unspecified atom stereocenters. The molecule has 3 saturated heterocycles. The summed E-state index contributed by atoms with van der Waals surface area (Å²) in [5, 5.41) is 0. The average molecular weight is 330 g/mol. The minimum Gasteiger partial charge on any atom is -0.325 e. The van der Waals surface area contributed by atoms with Crippen molar-refractivity contribution in [2.75, 3.05) is 13.1 Å².